The molecule has 6 nitrogen and oxygen atoms in total. The largest absolute Gasteiger partial charge is 0.493 e. The zero-order chi connectivity index (χ0) is 17.1. The summed E-state index contributed by atoms with van der Waals surface area (Å²) >= 11 is 0. The first-order valence-corrected chi connectivity index (χ1v) is 11.2. The molecule has 0 bridgehead atoms. The molecule has 0 amide bonds. The van der Waals surface area contributed by atoms with Gasteiger partial charge in [0.15, 0.2) is 9.84 Å². The molecular weight excluding hydrogens is 338 g/mol. The Hall–Kier alpha value is -1.12. The maximum Gasteiger partial charge on any atom is 0.179 e. The minimum absolute atomic E-state index is 0.115. The molecule has 1 N–H and O–H groups in total. The molecule has 1 fully saturated rings. The van der Waals surface area contributed by atoms with Crippen LogP contribution in [0.2, 0.25) is 0 Å². The van der Waals surface area contributed by atoms with Crippen molar-refractivity contribution in [2.45, 2.75) is 24.3 Å². The highest BCUT2D eigenvalue weighted by molar-refractivity contribution is 7.94. The molecule has 130 valence electrons. The summed E-state index contributed by atoms with van der Waals surface area (Å²) in [6.07, 6.45) is 2.09. The van der Waals surface area contributed by atoms with Crippen LogP contribution >= 0.6 is 0 Å². The van der Waals surface area contributed by atoms with Crippen LogP contribution < -0.4 is 10.1 Å². The number of nitrogens with one attached hydrogen (secondary N) is 1. The number of hydrogen-bond acceptors (Lipinski definition) is 6. The fraction of sp³-hybridized carbons (Fsp3) is 0.600. The number of benzene rings is 1. The predicted molar refractivity (Wildman–Crippen MR) is 89.3 cm³/mol. The predicted octanol–water partition coefficient (Wildman–Crippen LogP) is 0.882. The van der Waals surface area contributed by atoms with E-state index >= 15 is 0 Å². The molecule has 1 saturated heterocycles. The van der Waals surface area contributed by atoms with E-state index in [0.29, 0.717) is 24.3 Å². The van der Waals surface area contributed by atoms with Crippen molar-refractivity contribution in [3.05, 3.63) is 24.3 Å². The molecule has 2 atom stereocenters. The van der Waals surface area contributed by atoms with Gasteiger partial charge in [-0.1, -0.05) is 0 Å². The molecule has 2 rings (SSSR count). The number of hydrogen-bond donors (Lipinski definition) is 1. The minimum atomic E-state index is -3.59. The highest BCUT2D eigenvalue weighted by atomic mass is 32.2. The second-order valence-electron chi connectivity index (χ2n) is 6.14. The lowest BCUT2D eigenvalue weighted by Gasteiger charge is -2.11. The molecule has 0 aliphatic carbocycles. The van der Waals surface area contributed by atoms with Crippen LogP contribution in [0.1, 0.15) is 13.3 Å². The van der Waals surface area contributed by atoms with Gasteiger partial charge >= 0.3 is 0 Å². The first kappa shape index (κ1) is 18.2. The Balaban J connectivity index is 1.93. The molecule has 23 heavy (non-hydrogen) atoms. The highest BCUT2D eigenvalue weighted by Gasteiger charge is 2.21. The van der Waals surface area contributed by atoms with Gasteiger partial charge in [0.05, 0.1) is 23.0 Å². The summed E-state index contributed by atoms with van der Waals surface area (Å²) < 4.78 is 52.1. The van der Waals surface area contributed by atoms with E-state index in [4.69, 9.17) is 4.74 Å². The average Bonchev–Trinajstić information content (AvgIpc) is 2.89. The van der Waals surface area contributed by atoms with Crippen molar-refractivity contribution in [3.8, 4) is 5.75 Å². The van der Waals surface area contributed by atoms with Crippen LogP contribution in [0.25, 0.3) is 0 Å². The van der Waals surface area contributed by atoms with Crippen molar-refractivity contribution in [1.82, 2.24) is 5.32 Å². The lowest BCUT2D eigenvalue weighted by Crippen LogP contribution is -2.18. The number of sulfone groups is 2. The van der Waals surface area contributed by atoms with E-state index in [1.54, 1.807) is 12.1 Å². The van der Waals surface area contributed by atoms with Gasteiger partial charge in [-0.15, -0.1) is 0 Å². The third-order valence-electron chi connectivity index (χ3n) is 3.83. The molecule has 1 aromatic rings. The average molecular weight is 361 g/mol. The summed E-state index contributed by atoms with van der Waals surface area (Å²) in [5.41, 5.74) is 0. The lowest BCUT2D eigenvalue weighted by atomic mass is 10.1. The van der Waals surface area contributed by atoms with Crippen molar-refractivity contribution in [3.63, 3.8) is 0 Å². The van der Waals surface area contributed by atoms with Gasteiger partial charge in [-0.25, -0.2) is 16.8 Å². The number of ether oxygens (including phenoxy) is 1. The van der Waals surface area contributed by atoms with Gasteiger partial charge in [0, 0.05) is 24.8 Å². The summed E-state index contributed by atoms with van der Waals surface area (Å²) in [6.45, 7) is 3.66. The SMILES string of the molecule is CC1CC(COc2ccc(S(=O)(=O)CCS(C)(=O)=O)cc2)CN1. The Morgan fingerprint density at radius 3 is 2.30 bits per heavy atom. The second kappa shape index (κ2) is 7.19. The van der Waals surface area contributed by atoms with Crippen LogP contribution in [0, 0.1) is 5.92 Å². The Kier molecular flexibility index (Phi) is 5.70. The van der Waals surface area contributed by atoms with E-state index in [-0.39, 0.29) is 10.6 Å². The minimum Gasteiger partial charge on any atom is -0.493 e. The maximum atomic E-state index is 12.1. The van der Waals surface area contributed by atoms with E-state index in [1.165, 1.54) is 12.1 Å². The van der Waals surface area contributed by atoms with E-state index in [0.717, 1.165) is 19.2 Å². The molecule has 1 aliphatic rings. The molecule has 0 radical (unpaired) electrons. The van der Waals surface area contributed by atoms with Crippen molar-refractivity contribution in [1.29, 1.82) is 0 Å². The van der Waals surface area contributed by atoms with Crippen LogP contribution in [-0.4, -0.2) is 53.8 Å². The lowest BCUT2D eigenvalue weighted by molar-refractivity contribution is 0.258. The second-order valence-corrected chi connectivity index (χ2v) is 10.5. The van der Waals surface area contributed by atoms with Crippen LogP contribution in [0.4, 0.5) is 0 Å². The van der Waals surface area contributed by atoms with Gasteiger partial charge in [0.1, 0.15) is 15.6 Å². The topological polar surface area (TPSA) is 89.5 Å². The van der Waals surface area contributed by atoms with Crippen LogP contribution in [0.3, 0.4) is 0 Å². The monoisotopic (exact) mass is 361 g/mol. The van der Waals surface area contributed by atoms with Crippen LogP contribution in [-0.2, 0) is 19.7 Å². The molecule has 0 spiro atoms. The molecule has 2 unspecified atom stereocenters. The fourth-order valence-corrected chi connectivity index (χ4v) is 5.37. The van der Waals surface area contributed by atoms with Crippen LogP contribution in [0.15, 0.2) is 29.2 Å². The van der Waals surface area contributed by atoms with Crippen molar-refractivity contribution in [2.24, 2.45) is 5.92 Å². The third kappa shape index (κ3) is 5.78. The summed E-state index contributed by atoms with van der Waals surface area (Å²) in [5, 5.41) is 3.35. The standard InChI is InChI=1S/C15H23NO5S2/c1-12-9-13(10-16-12)11-21-14-3-5-15(6-4-14)23(19,20)8-7-22(2,17)18/h3-6,12-13,16H,7-11H2,1-2H3. The van der Waals surface area contributed by atoms with E-state index in [9.17, 15) is 16.8 Å². The Bertz CT molecular complexity index is 726. The third-order valence-corrected chi connectivity index (χ3v) is 6.77. The first-order valence-electron chi connectivity index (χ1n) is 7.52. The maximum absolute atomic E-state index is 12.1. The first-order chi connectivity index (χ1) is 10.7. The van der Waals surface area contributed by atoms with E-state index in [1.807, 2.05) is 0 Å². The van der Waals surface area contributed by atoms with Gasteiger partial charge < -0.3 is 10.1 Å². The summed E-state index contributed by atoms with van der Waals surface area (Å²) in [4.78, 5) is 0.115. The van der Waals surface area contributed by atoms with Crippen LogP contribution in [0.5, 0.6) is 5.75 Å². The molecule has 1 aromatic carbocycles. The fourth-order valence-electron chi connectivity index (χ4n) is 2.50. The van der Waals surface area contributed by atoms with Gasteiger partial charge in [0.25, 0.3) is 0 Å². The summed E-state index contributed by atoms with van der Waals surface area (Å²) in [5.74, 6) is 0.299. The smallest absolute Gasteiger partial charge is 0.179 e. The summed E-state index contributed by atoms with van der Waals surface area (Å²) in [6, 6.07) is 6.65. The van der Waals surface area contributed by atoms with Gasteiger partial charge in [-0.2, -0.15) is 0 Å². The zero-order valence-electron chi connectivity index (χ0n) is 13.4. The highest BCUT2D eigenvalue weighted by Crippen LogP contribution is 2.20. The number of rotatable bonds is 7. The van der Waals surface area contributed by atoms with Gasteiger partial charge in [-0.3, -0.25) is 0 Å². The summed E-state index contributed by atoms with van der Waals surface area (Å²) in [7, 11) is -6.90. The van der Waals surface area contributed by atoms with Crippen molar-refractivity contribution >= 4 is 19.7 Å². The van der Waals surface area contributed by atoms with Gasteiger partial charge in [0.2, 0.25) is 0 Å². The normalized spacial score (nSPS) is 22.2. The molecular formula is C15H23NO5S2. The Labute approximate surface area is 138 Å². The van der Waals surface area contributed by atoms with E-state index in [2.05, 4.69) is 12.2 Å². The Morgan fingerprint density at radius 2 is 1.78 bits per heavy atom. The van der Waals surface area contributed by atoms with Crippen molar-refractivity contribution < 1.29 is 21.6 Å². The molecule has 0 saturated carbocycles. The van der Waals surface area contributed by atoms with E-state index < -0.39 is 25.4 Å². The Morgan fingerprint density at radius 1 is 1.13 bits per heavy atom. The zero-order valence-corrected chi connectivity index (χ0v) is 15.0. The van der Waals surface area contributed by atoms with Crippen molar-refractivity contribution in [2.75, 3.05) is 30.9 Å². The quantitative estimate of drug-likeness (QED) is 0.775. The molecule has 8 heteroatoms. The molecule has 0 aromatic heterocycles. The molecule has 1 aliphatic heterocycles. The molecule has 1 heterocycles. The van der Waals surface area contributed by atoms with Gasteiger partial charge in [-0.05, 0) is 37.6 Å².